The van der Waals surface area contributed by atoms with Gasteiger partial charge in [-0.2, -0.15) is 0 Å². The third kappa shape index (κ3) is 4.94. The van der Waals surface area contributed by atoms with Gasteiger partial charge in [-0.15, -0.1) is 0 Å². The van der Waals surface area contributed by atoms with E-state index >= 15 is 0 Å². The SMILES string of the molecule is CCCCC(=O)N(Cc1ccc(-c2ccc(O)cc2)nc1)c1cccc(F)c1. The van der Waals surface area contributed by atoms with E-state index in [4.69, 9.17) is 0 Å². The fourth-order valence-corrected chi connectivity index (χ4v) is 2.93. The average molecular weight is 378 g/mol. The van der Waals surface area contributed by atoms with Gasteiger partial charge in [-0.25, -0.2) is 4.39 Å². The Morgan fingerprint density at radius 3 is 2.54 bits per heavy atom. The quantitative estimate of drug-likeness (QED) is 0.606. The summed E-state index contributed by atoms with van der Waals surface area (Å²) in [5, 5.41) is 9.40. The molecule has 1 N–H and O–H groups in total. The highest BCUT2D eigenvalue weighted by molar-refractivity contribution is 5.93. The summed E-state index contributed by atoms with van der Waals surface area (Å²) in [4.78, 5) is 18.8. The number of unbranched alkanes of at least 4 members (excludes halogenated alkanes) is 1. The number of amides is 1. The molecule has 3 aromatic rings. The normalized spacial score (nSPS) is 10.6. The first-order valence-corrected chi connectivity index (χ1v) is 9.37. The van der Waals surface area contributed by atoms with Gasteiger partial charge in [0.25, 0.3) is 0 Å². The number of carbonyl (C=O) groups is 1. The molecule has 0 saturated heterocycles. The summed E-state index contributed by atoms with van der Waals surface area (Å²) in [6, 6.07) is 16.7. The molecule has 0 atom stereocenters. The van der Waals surface area contributed by atoms with Crippen molar-refractivity contribution in [2.45, 2.75) is 32.7 Å². The second-order valence-corrected chi connectivity index (χ2v) is 6.66. The highest BCUT2D eigenvalue weighted by Gasteiger charge is 2.16. The Kier molecular flexibility index (Phi) is 6.37. The van der Waals surface area contributed by atoms with Crippen LogP contribution in [0.25, 0.3) is 11.3 Å². The standard InChI is InChI=1S/C23H23FN2O2/c1-2-3-7-23(28)26(20-6-4-5-19(24)14-20)16-17-8-13-22(25-15-17)18-9-11-21(27)12-10-18/h4-6,8-15,27H,2-3,7,16H2,1H3. The molecule has 4 nitrogen and oxygen atoms in total. The van der Waals surface area contributed by atoms with Crippen LogP contribution < -0.4 is 4.90 Å². The van der Waals surface area contributed by atoms with Crippen molar-refractivity contribution in [3.8, 4) is 17.0 Å². The Balaban J connectivity index is 1.81. The van der Waals surface area contributed by atoms with Gasteiger partial charge in [0.05, 0.1) is 12.2 Å². The number of carbonyl (C=O) groups excluding carboxylic acids is 1. The van der Waals surface area contributed by atoms with Gasteiger partial charge in [-0.3, -0.25) is 9.78 Å². The topological polar surface area (TPSA) is 53.4 Å². The second kappa shape index (κ2) is 9.13. The molecule has 0 aliphatic carbocycles. The summed E-state index contributed by atoms with van der Waals surface area (Å²) in [7, 11) is 0. The van der Waals surface area contributed by atoms with Crippen molar-refractivity contribution >= 4 is 11.6 Å². The Bertz CT molecular complexity index is 924. The molecule has 3 rings (SSSR count). The molecule has 0 bridgehead atoms. The zero-order chi connectivity index (χ0) is 19.9. The number of pyridine rings is 1. The molecule has 0 aliphatic heterocycles. The number of anilines is 1. The number of halogens is 1. The van der Waals surface area contributed by atoms with Gasteiger partial charge in [0, 0.05) is 23.9 Å². The van der Waals surface area contributed by atoms with Crippen LogP contribution in [0.5, 0.6) is 5.75 Å². The van der Waals surface area contributed by atoms with Crippen LogP contribution >= 0.6 is 0 Å². The fraction of sp³-hybridized carbons (Fsp3) is 0.217. The Hall–Kier alpha value is -3.21. The van der Waals surface area contributed by atoms with E-state index < -0.39 is 0 Å². The summed E-state index contributed by atoms with van der Waals surface area (Å²) < 4.78 is 13.7. The molecule has 28 heavy (non-hydrogen) atoms. The van der Waals surface area contributed by atoms with Crippen molar-refractivity contribution in [3.63, 3.8) is 0 Å². The van der Waals surface area contributed by atoms with Crippen molar-refractivity contribution < 1.29 is 14.3 Å². The number of nitrogens with zero attached hydrogens (tertiary/aromatic N) is 2. The summed E-state index contributed by atoms with van der Waals surface area (Å²) in [5.41, 5.74) is 3.07. The predicted molar refractivity (Wildman–Crippen MR) is 108 cm³/mol. The van der Waals surface area contributed by atoms with Crippen LogP contribution in [0, 0.1) is 5.82 Å². The maximum atomic E-state index is 13.7. The van der Waals surface area contributed by atoms with E-state index in [0.717, 1.165) is 29.7 Å². The van der Waals surface area contributed by atoms with E-state index in [-0.39, 0.29) is 17.5 Å². The van der Waals surface area contributed by atoms with Crippen LogP contribution in [0.3, 0.4) is 0 Å². The number of aromatic hydroxyl groups is 1. The van der Waals surface area contributed by atoms with Crippen LogP contribution in [0.1, 0.15) is 31.7 Å². The molecule has 5 heteroatoms. The van der Waals surface area contributed by atoms with E-state index in [1.54, 1.807) is 47.5 Å². The molecule has 144 valence electrons. The third-order valence-corrected chi connectivity index (χ3v) is 4.49. The first-order valence-electron chi connectivity index (χ1n) is 9.37. The zero-order valence-corrected chi connectivity index (χ0v) is 15.8. The number of aromatic nitrogens is 1. The number of phenolic OH excluding ortho intramolecular Hbond substituents is 1. The second-order valence-electron chi connectivity index (χ2n) is 6.66. The fourth-order valence-electron chi connectivity index (χ4n) is 2.93. The van der Waals surface area contributed by atoms with Crippen molar-refractivity contribution in [2.24, 2.45) is 0 Å². The van der Waals surface area contributed by atoms with E-state index in [1.807, 2.05) is 19.1 Å². The minimum atomic E-state index is -0.369. The predicted octanol–water partition coefficient (Wildman–Crippen LogP) is 5.32. The number of hydrogen-bond donors (Lipinski definition) is 1. The van der Waals surface area contributed by atoms with Crippen LogP contribution in [-0.2, 0) is 11.3 Å². The number of phenols is 1. The molecule has 0 radical (unpaired) electrons. The van der Waals surface area contributed by atoms with Crippen LogP contribution in [0.15, 0.2) is 66.9 Å². The van der Waals surface area contributed by atoms with Crippen molar-refractivity contribution in [2.75, 3.05) is 4.90 Å². The van der Waals surface area contributed by atoms with Crippen LogP contribution in [-0.4, -0.2) is 16.0 Å². The van der Waals surface area contributed by atoms with E-state index in [0.29, 0.717) is 18.7 Å². The number of benzene rings is 2. The summed E-state index contributed by atoms with van der Waals surface area (Å²) in [6.07, 6.45) is 3.86. The highest BCUT2D eigenvalue weighted by Crippen LogP contribution is 2.23. The van der Waals surface area contributed by atoms with Gasteiger partial charge in [0.1, 0.15) is 11.6 Å². The lowest BCUT2D eigenvalue weighted by molar-refractivity contribution is -0.118. The molecule has 0 unspecified atom stereocenters. The molecule has 1 amide bonds. The largest absolute Gasteiger partial charge is 0.508 e. The Morgan fingerprint density at radius 1 is 1.11 bits per heavy atom. The molecule has 1 heterocycles. The number of hydrogen-bond acceptors (Lipinski definition) is 3. The minimum absolute atomic E-state index is 0.0324. The van der Waals surface area contributed by atoms with Crippen LogP contribution in [0.2, 0.25) is 0 Å². The summed E-state index contributed by atoms with van der Waals surface area (Å²) in [5.74, 6) is -0.196. The maximum Gasteiger partial charge on any atom is 0.227 e. The van der Waals surface area contributed by atoms with Gasteiger partial charge in [-0.1, -0.05) is 25.5 Å². The van der Waals surface area contributed by atoms with Gasteiger partial charge >= 0.3 is 0 Å². The lowest BCUT2D eigenvalue weighted by Crippen LogP contribution is -2.30. The molecule has 0 saturated carbocycles. The maximum absolute atomic E-state index is 13.7. The molecular weight excluding hydrogens is 355 g/mol. The van der Waals surface area contributed by atoms with E-state index in [1.165, 1.54) is 12.1 Å². The molecule has 0 fully saturated rings. The van der Waals surface area contributed by atoms with Gasteiger partial charge < -0.3 is 10.0 Å². The zero-order valence-electron chi connectivity index (χ0n) is 15.8. The summed E-state index contributed by atoms with van der Waals surface area (Å²) >= 11 is 0. The van der Waals surface area contributed by atoms with Gasteiger partial charge in [-0.05, 0) is 60.5 Å². The highest BCUT2D eigenvalue weighted by atomic mass is 19.1. The number of rotatable bonds is 7. The first-order chi connectivity index (χ1) is 13.6. The first kappa shape index (κ1) is 19.5. The smallest absolute Gasteiger partial charge is 0.227 e. The third-order valence-electron chi connectivity index (χ3n) is 4.49. The minimum Gasteiger partial charge on any atom is -0.508 e. The Morgan fingerprint density at radius 2 is 1.89 bits per heavy atom. The lowest BCUT2D eigenvalue weighted by Gasteiger charge is -2.23. The molecular formula is C23H23FN2O2. The molecule has 1 aromatic heterocycles. The summed E-state index contributed by atoms with van der Waals surface area (Å²) in [6.45, 7) is 2.36. The van der Waals surface area contributed by atoms with Crippen molar-refractivity contribution in [1.82, 2.24) is 4.98 Å². The van der Waals surface area contributed by atoms with Gasteiger partial charge in [0.2, 0.25) is 5.91 Å². The monoisotopic (exact) mass is 378 g/mol. The Labute approximate surface area is 164 Å². The lowest BCUT2D eigenvalue weighted by atomic mass is 10.1. The van der Waals surface area contributed by atoms with Gasteiger partial charge in [0.15, 0.2) is 0 Å². The molecule has 2 aromatic carbocycles. The van der Waals surface area contributed by atoms with E-state index in [2.05, 4.69) is 4.98 Å². The van der Waals surface area contributed by atoms with Crippen molar-refractivity contribution in [3.05, 3.63) is 78.2 Å². The van der Waals surface area contributed by atoms with E-state index in [9.17, 15) is 14.3 Å². The van der Waals surface area contributed by atoms with Crippen LogP contribution in [0.4, 0.5) is 10.1 Å². The average Bonchev–Trinajstić information content (AvgIpc) is 2.71. The van der Waals surface area contributed by atoms with Crippen molar-refractivity contribution in [1.29, 1.82) is 0 Å². The molecule has 0 aliphatic rings. The molecule has 0 spiro atoms.